The molecule has 0 unspecified atom stereocenters. The van der Waals surface area contributed by atoms with Gasteiger partial charge in [0.25, 0.3) is 0 Å². The molecule has 1 saturated heterocycles. The van der Waals surface area contributed by atoms with Crippen LogP contribution in [0.25, 0.3) is 0 Å². The van der Waals surface area contributed by atoms with E-state index < -0.39 is 0 Å². The average molecular weight is 186 g/mol. The van der Waals surface area contributed by atoms with Gasteiger partial charge in [0, 0.05) is 7.05 Å². The summed E-state index contributed by atoms with van der Waals surface area (Å²) in [4.78, 5) is 13.2. The number of ether oxygens (including phenoxy) is 1. The van der Waals surface area contributed by atoms with Gasteiger partial charge in [-0.1, -0.05) is 0 Å². The molecular formula is C9H18N2O2. The largest absolute Gasteiger partial charge is 0.372 e. The fourth-order valence-electron chi connectivity index (χ4n) is 1.46. The molecule has 4 nitrogen and oxygen atoms in total. The Bertz CT molecular complexity index is 204. The summed E-state index contributed by atoms with van der Waals surface area (Å²) in [5.74, 6) is 0. The highest BCUT2D eigenvalue weighted by atomic mass is 16.5. The van der Waals surface area contributed by atoms with Gasteiger partial charge >= 0.3 is 6.03 Å². The molecule has 1 N–H and O–H groups in total. The normalized spacial score (nSPS) is 27.1. The van der Waals surface area contributed by atoms with Crippen LogP contribution in [-0.4, -0.2) is 42.8 Å². The molecule has 0 saturated carbocycles. The average Bonchev–Trinajstić information content (AvgIpc) is 2.08. The highest BCUT2D eigenvalue weighted by Crippen LogP contribution is 2.20. The van der Waals surface area contributed by atoms with E-state index in [0.29, 0.717) is 13.2 Å². The zero-order chi connectivity index (χ0) is 10.1. The lowest BCUT2D eigenvalue weighted by Crippen LogP contribution is -2.57. The van der Waals surface area contributed by atoms with Crippen molar-refractivity contribution in [2.24, 2.45) is 0 Å². The first-order valence-corrected chi connectivity index (χ1v) is 4.58. The van der Waals surface area contributed by atoms with Gasteiger partial charge in [0.1, 0.15) is 0 Å². The monoisotopic (exact) mass is 186 g/mol. The molecule has 4 heteroatoms. The molecule has 0 aliphatic carbocycles. The Hall–Kier alpha value is -0.770. The second kappa shape index (κ2) is 3.54. The Kier molecular flexibility index (Phi) is 2.81. The van der Waals surface area contributed by atoms with E-state index in [9.17, 15) is 4.79 Å². The van der Waals surface area contributed by atoms with Gasteiger partial charge in [-0.05, 0) is 20.8 Å². The van der Waals surface area contributed by atoms with E-state index in [1.54, 1.807) is 7.05 Å². The molecule has 1 aliphatic heterocycles. The maximum absolute atomic E-state index is 11.4. The zero-order valence-electron chi connectivity index (χ0n) is 8.76. The van der Waals surface area contributed by atoms with Gasteiger partial charge < -0.3 is 15.0 Å². The molecule has 13 heavy (non-hydrogen) atoms. The summed E-state index contributed by atoms with van der Waals surface area (Å²) in [7, 11) is 1.65. The Morgan fingerprint density at radius 1 is 1.62 bits per heavy atom. The second-order valence-electron chi connectivity index (χ2n) is 4.10. The van der Waals surface area contributed by atoms with E-state index in [0.717, 1.165) is 0 Å². The molecule has 0 aromatic rings. The van der Waals surface area contributed by atoms with Crippen LogP contribution < -0.4 is 5.32 Å². The summed E-state index contributed by atoms with van der Waals surface area (Å²) >= 11 is 0. The number of morpholine rings is 1. The van der Waals surface area contributed by atoms with Crippen molar-refractivity contribution in [2.75, 3.05) is 20.2 Å². The van der Waals surface area contributed by atoms with E-state index in [1.807, 2.05) is 25.7 Å². The summed E-state index contributed by atoms with van der Waals surface area (Å²) in [6.07, 6.45) is 0. The Morgan fingerprint density at radius 3 is 2.77 bits per heavy atom. The van der Waals surface area contributed by atoms with Crippen LogP contribution >= 0.6 is 0 Å². The fraction of sp³-hybridized carbons (Fsp3) is 0.889. The van der Waals surface area contributed by atoms with Gasteiger partial charge in [0.15, 0.2) is 0 Å². The molecule has 0 aromatic carbocycles. The smallest absolute Gasteiger partial charge is 0.317 e. The maximum Gasteiger partial charge on any atom is 0.317 e. The molecule has 0 bridgehead atoms. The van der Waals surface area contributed by atoms with Gasteiger partial charge in [-0.15, -0.1) is 0 Å². The maximum atomic E-state index is 11.4. The zero-order valence-corrected chi connectivity index (χ0v) is 8.76. The number of rotatable bonds is 0. The van der Waals surface area contributed by atoms with Gasteiger partial charge in [0.05, 0.1) is 24.8 Å². The molecule has 1 atom stereocenters. The Balaban J connectivity index is 2.65. The first-order valence-electron chi connectivity index (χ1n) is 4.58. The summed E-state index contributed by atoms with van der Waals surface area (Å²) in [5.41, 5.74) is -0.223. The fourth-order valence-corrected chi connectivity index (χ4v) is 1.46. The summed E-state index contributed by atoms with van der Waals surface area (Å²) in [6, 6.07) is 0.136. The van der Waals surface area contributed by atoms with Crippen molar-refractivity contribution in [3.8, 4) is 0 Å². The molecule has 0 aromatic heterocycles. The van der Waals surface area contributed by atoms with Gasteiger partial charge in [-0.2, -0.15) is 0 Å². The highest BCUT2D eigenvalue weighted by Gasteiger charge is 2.33. The van der Waals surface area contributed by atoms with Crippen molar-refractivity contribution in [2.45, 2.75) is 32.4 Å². The first-order chi connectivity index (χ1) is 5.96. The lowest BCUT2D eigenvalue weighted by molar-refractivity contribution is -0.0951. The van der Waals surface area contributed by atoms with Crippen LogP contribution in [0.3, 0.4) is 0 Å². The van der Waals surface area contributed by atoms with Crippen molar-refractivity contribution in [1.82, 2.24) is 10.2 Å². The number of carbonyl (C=O) groups excluding carboxylic acids is 1. The van der Waals surface area contributed by atoms with Crippen LogP contribution in [0.5, 0.6) is 0 Å². The highest BCUT2D eigenvalue weighted by molar-refractivity contribution is 5.74. The van der Waals surface area contributed by atoms with Gasteiger partial charge in [-0.3, -0.25) is 0 Å². The number of carbonyl (C=O) groups is 1. The summed E-state index contributed by atoms with van der Waals surface area (Å²) < 4.78 is 5.58. The SMILES string of the molecule is CNC(=O)N1CC(C)(C)OC[C@@H]1C. The molecule has 2 amide bonds. The number of nitrogens with one attached hydrogen (secondary N) is 1. The van der Waals surface area contributed by atoms with Crippen molar-refractivity contribution < 1.29 is 9.53 Å². The minimum Gasteiger partial charge on any atom is -0.372 e. The predicted octanol–water partition coefficient (Wildman–Crippen LogP) is 0.825. The van der Waals surface area contributed by atoms with E-state index >= 15 is 0 Å². The molecular weight excluding hydrogens is 168 g/mol. The van der Waals surface area contributed by atoms with Gasteiger partial charge in [0.2, 0.25) is 0 Å². The summed E-state index contributed by atoms with van der Waals surface area (Å²) in [6.45, 7) is 7.24. The van der Waals surface area contributed by atoms with Gasteiger partial charge in [-0.25, -0.2) is 4.79 Å². The Labute approximate surface area is 79.2 Å². The van der Waals surface area contributed by atoms with E-state index in [-0.39, 0.29) is 17.7 Å². The molecule has 1 rings (SSSR count). The minimum atomic E-state index is -0.223. The molecule has 1 aliphatic rings. The molecule has 1 fully saturated rings. The molecule has 76 valence electrons. The van der Waals surface area contributed by atoms with Crippen LogP contribution in [-0.2, 0) is 4.74 Å². The van der Waals surface area contributed by atoms with Crippen LogP contribution in [0.4, 0.5) is 4.79 Å². The lowest BCUT2D eigenvalue weighted by Gasteiger charge is -2.42. The van der Waals surface area contributed by atoms with Crippen LogP contribution in [0.2, 0.25) is 0 Å². The topological polar surface area (TPSA) is 41.6 Å². The number of amides is 2. The molecule has 0 radical (unpaired) electrons. The Morgan fingerprint density at radius 2 is 2.23 bits per heavy atom. The quantitative estimate of drug-likeness (QED) is 0.608. The number of hydrogen-bond donors (Lipinski definition) is 1. The molecule has 0 spiro atoms. The number of nitrogens with zero attached hydrogens (tertiary/aromatic N) is 1. The third-order valence-electron chi connectivity index (χ3n) is 2.27. The van der Waals surface area contributed by atoms with Crippen LogP contribution in [0, 0.1) is 0 Å². The van der Waals surface area contributed by atoms with Crippen LogP contribution in [0.1, 0.15) is 20.8 Å². The van der Waals surface area contributed by atoms with Crippen molar-refractivity contribution in [3.05, 3.63) is 0 Å². The van der Waals surface area contributed by atoms with E-state index in [2.05, 4.69) is 5.32 Å². The number of urea groups is 1. The standard InChI is InChI=1S/C9H18N2O2/c1-7-5-13-9(2,3)6-11(7)8(12)10-4/h7H,5-6H2,1-4H3,(H,10,12)/t7-/m0/s1. The third kappa shape index (κ3) is 2.34. The van der Waals surface area contributed by atoms with E-state index in [1.165, 1.54) is 0 Å². The van der Waals surface area contributed by atoms with Crippen molar-refractivity contribution in [3.63, 3.8) is 0 Å². The van der Waals surface area contributed by atoms with Crippen molar-refractivity contribution in [1.29, 1.82) is 0 Å². The predicted molar refractivity (Wildman–Crippen MR) is 50.7 cm³/mol. The first kappa shape index (κ1) is 10.3. The molecule has 1 heterocycles. The van der Waals surface area contributed by atoms with Crippen LogP contribution in [0.15, 0.2) is 0 Å². The minimum absolute atomic E-state index is 0.0242. The second-order valence-corrected chi connectivity index (χ2v) is 4.10. The third-order valence-corrected chi connectivity index (χ3v) is 2.27. The summed E-state index contributed by atoms with van der Waals surface area (Å²) in [5, 5.41) is 2.63. The lowest BCUT2D eigenvalue weighted by atomic mass is 10.1. The van der Waals surface area contributed by atoms with Crippen molar-refractivity contribution >= 4 is 6.03 Å². The number of hydrogen-bond acceptors (Lipinski definition) is 2. The van der Waals surface area contributed by atoms with E-state index in [4.69, 9.17) is 4.74 Å².